The molecule has 1 saturated heterocycles. The van der Waals surface area contributed by atoms with Gasteiger partial charge in [0.2, 0.25) is 5.91 Å². The highest BCUT2D eigenvalue weighted by molar-refractivity contribution is 7.91. The Balaban J connectivity index is 1.40. The Kier molecular flexibility index (Phi) is 7.88. The maximum atomic E-state index is 14.0. The van der Waals surface area contributed by atoms with Crippen molar-refractivity contribution in [2.24, 2.45) is 5.92 Å². The van der Waals surface area contributed by atoms with Crippen LogP contribution in [0.15, 0.2) is 18.2 Å². The second-order valence-electron chi connectivity index (χ2n) is 8.31. The van der Waals surface area contributed by atoms with Crippen molar-refractivity contribution in [3.63, 3.8) is 0 Å². The van der Waals surface area contributed by atoms with Crippen LogP contribution in [0.3, 0.4) is 0 Å². The molecule has 1 aliphatic carbocycles. The van der Waals surface area contributed by atoms with Crippen LogP contribution in [0.2, 0.25) is 0 Å². The predicted octanol–water partition coefficient (Wildman–Crippen LogP) is 2.14. The summed E-state index contributed by atoms with van der Waals surface area (Å²) in [5.41, 5.74) is 0.721. The van der Waals surface area contributed by atoms with Crippen molar-refractivity contribution >= 4 is 21.8 Å². The molecule has 2 atom stereocenters. The van der Waals surface area contributed by atoms with Crippen molar-refractivity contribution in [3.8, 4) is 5.75 Å². The highest BCUT2D eigenvalue weighted by Gasteiger charge is 2.25. The van der Waals surface area contributed by atoms with E-state index in [9.17, 15) is 22.4 Å². The smallest absolute Gasteiger partial charge is 0.321 e. The summed E-state index contributed by atoms with van der Waals surface area (Å²) in [7, 11) is -3.34. The van der Waals surface area contributed by atoms with E-state index in [4.69, 9.17) is 9.47 Å². The highest BCUT2D eigenvalue weighted by Crippen LogP contribution is 2.31. The van der Waals surface area contributed by atoms with Crippen LogP contribution < -0.4 is 15.4 Å². The van der Waals surface area contributed by atoms with Gasteiger partial charge in [0.05, 0.1) is 30.8 Å². The second kappa shape index (κ2) is 10.4. The molecule has 1 heterocycles. The van der Waals surface area contributed by atoms with Crippen LogP contribution in [-0.2, 0) is 19.4 Å². The summed E-state index contributed by atoms with van der Waals surface area (Å²) in [5, 5.41) is 4.71. The average Bonchev–Trinajstić information content (AvgIpc) is 3.50. The summed E-state index contributed by atoms with van der Waals surface area (Å²) in [6.45, 7) is 2.64. The van der Waals surface area contributed by atoms with Gasteiger partial charge in [-0.2, -0.15) is 0 Å². The van der Waals surface area contributed by atoms with Gasteiger partial charge in [-0.1, -0.05) is 13.0 Å². The Bertz CT molecular complexity index is 887. The number of amides is 3. The molecule has 2 fully saturated rings. The maximum absolute atomic E-state index is 14.0. The molecular formula is C21H29FN2O6S. The molecule has 1 aromatic carbocycles. The van der Waals surface area contributed by atoms with E-state index in [-0.39, 0.29) is 48.7 Å². The normalized spacial score (nSPS) is 20.1. The minimum atomic E-state index is -3.34. The van der Waals surface area contributed by atoms with E-state index in [1.165, 1.54) is 6.07 Å². The zero-order valence-corrected chi connectivity index (χ0v) is 18.4. The first-order valence-electron chi connectivity index (χ1n) is 10.5. The van der Waals surface area contributed by atoms with E-state index in [0.29, 0.717) is 18.9 Å². The minimum absolute atomic E-state index is 0.0406. The molecule has 0 bridgehead atoms. The standard InChI is InChI=1S/C21H29FN2O6S/c1-14(16-5-6-18(22)19(9-16)30-11-15-3-4-15)13-31(27,28)8-2-7-29-12-17-10-20(25)24-21(26)23-17/h5-6,9,14-15,17H,2-4,7-8,10-13H2,1H3,(H2,23,24,25,26)/t14-,17?/m0/s1. The van der Waals surface area contributed by atoms with Gasteiger partial charge in [-0.3, -0.25) is 10.1 Å². The molecule has 172 valence electrons. The second-order valence-corrected chi connectivity index (χ2v) is 10.5. The van der Waals surface area contributed by atoms with Gasteiger partial charge in [-0.05, 0) is 48.8 Å². The lowest BCUT2D eigenvalue weighted by Gasteiger charge is -2.22. The molecule has 31 heavy (non-hydrogen) atoms. The fraction of sp³-hybridized carbons (Fsp3) is 0.619. The van der Waals surface area contributed by atoms with E-state index in [2.05, 4.69) is 10.6 Å². The van der Waals surface area contributed by atoms with Gasteiger partial charge in [0, 0.05) is 13.0 Å². The summed E-state index contributed by atoms with van der Waals surface area (Å²) in [4.78, 5) is 22.5. The van der Waals surface area contributed by atoms with Crippen LogP contribution in [0.1, 0.15) is 44.1 Å². The number of carbonyl (C=O) groups excluding carboxylic acids is 2. The number of rotatable bonds is 12. The average molecular weight is 457 g/mol. The number of imide groups is 1. The molecule has 3 amide bonds. The van der Waals surface area contributed by atoms with Crippen molar-refractivity contribution < 1.29 is 31.9 Å². The van der Waals surface area contributed by atoms with E-state index in [1.54, 1.807) is 19.1 Å². The summed E-state index contributed by atoms with van der Waals surface area (Å²) in [6.07, 6.45) is 2.64. The summed E-state index contributed by atoms with van der Waals surface area (Å²) in [5.74, 6) is -0.536. The van der Waals surface area contributed by atoms with E-state index >= 15 is 0 Å². The van der Waals surface area contributed by atoms with Crippen LogP contribution in [0.4, 0.5) is 9.18 Å². The first-order valence-corrected chi connectivity index (χ1v) is 12.3. The maximum Gasteiger partial charge on any atom is 0.321 e. The Hall–Kier alpha value is -2.20. The van der Waals surface area contributed by atoms with Gasteiger partial charge < -0.3 is 14.8 Å². The molecule has 1 saturated carbocycles. The number of urea groups is 1. The number of carbonyl (C=O) groups is 2. The first-order chi connectivity index (χ1) is 14.7. The van der Waals surface area contributed by atoms with Crippen molar-refractivity contribution in [2.45, 2.75) is 44.6 Å². The van der Waals surface area contributed by atoms with Crippen LogP contribution >= 0.6 is 0 Å². The number of sulfone groups is 1. The molecule has 1 aliphatic heterocycles. The van der Waals surface area contributed by atoms with E-state index < -0.39 is 27.7 Å². The zero-order chi connectivity index (χ0) is 22.4. The predicted molar refractivity (Wildman–Crippen MR) is 112 cm³/mol. The SMILES string of the molecule is C[C@@H](CS(=O)(=O)CCCOCC1CC(=O)NC(=O)N1)c1ccc(F)c(OCC2CC2)c1. The van der Waals surface area contributed by atoms with Crippen LogP contribution in [0.25, 0.3) is 0 Å². The number of benzene rings is 1. The molecule has 10 heteroatoms. The summed E-state index contributed by atoms with van der Waals surface area (Å²) < 4.78 is 49.9. The largest absolute Gasteiger partial charge is 0.490 e. The first kappa shape index (κ1) is 23.5. The van der Waals surface area contributed by atoms with Crippen molar-refractivity contribution in [3.05, 3.63) is 29.6 Å². The fourth-order valence-corrected chi connectivity index (χ4v) is 5.05. The lowest BCUT2D eigenvalue weighted by molar-refractivity contribution is -0.121. The third-order valence-electron chi connectivity index (χ3n) is 5.28. The Morgan fingerprint density at radius 2 is 2.00 bits per heavy atom. The van der Waals surface area contributed by atoms with Gasteiger partial charge in [0.25, 0.3) is 0 Å². The molecule has 0 aromatic heterocycles. The molecule has 2 aliphatic rings. The topological polar surface area (TPSA) is 111 Å². The van der Waals surface area contributed by atoms with Gasteiger partial charge >= 0.3 is 6.03 Å². The molecule has 1 unspecified atom stereocenters. The summed E-state index contributed by atoms with van der Waals surface area (Å²) in [6, 6.07) is 3.54. The van der Waals surface area contributed by atoms with Crippen LogP contribution in [-0.4, -0.2) is 57.7 Å². The van der Waals surface area contributed by atoms with Gasteiger partial charge in [-0.15, -0.1) is 0 Å². The fourth-order valence-electron chi connectivity index (χ4n) is 3.37. The molecule has 8 nitrogen and oxygen atoms in total. The third-order valence-corrected chi connectivity index (χ3v) is 7.20. The number of halogens is 1. The molecule has 0 radical (unpaired) electrons. The Morgan fingerprint density at radius 1 is 1.23 bits per heavy atom. The van der Waals surface area contributed by atoms with Gasteiger partial charge in [-0.25, -0.2) is 17.6 Å². The number of nitrogens with one attached hydrogen (secondary N) is 2. The molecule has 0 spiro atoms. The van der Waals surface area contributed by atoms with Crippen LogP contribution in [0, 0.1) is 11.7 Å². The number of hydrogen-bond donors (Lipinski definition) is 2. The monoisotopic (exact) mass is 456 g/mol. The van der Waals surface area contributed by atoms with Gasteiger partial charge in [0.1, 0.15) is 0 Å². The Labute approximate surface area is 181 Å². The molecule has 1 aromatic rings. The number of ether oxygens (including phenoxy) is 2. The van der Waals surface area contributed by atoms with Crippen molar-refractivity contribution in [1.29, 1.82) is 0 Å². The number of hydrogen-bond acceptors (Lipinski definition) is 6. The third kappa shape index (κ3) is 7.77. The summed E-state index contributed by atoms with van der Waals surface area (Å²) >= 11 is 0. The lowest BCUT2D eigenvalue weighted by atomic mass is 10.0. The minimum Gasteiger partial charge on any atom is -0.490 e. The van der Waals surface area contributed by atoms with Crippen LogP contribution in [0.5, 0.6) is 5.75 Å². The lowest BCUT2D eigenvalue weighted by Crippen LogP contribution is -2.53. The molecular weight excluding hydrogens is 427 g/mol. The van der Waals surface area contributed by atoms with Crippen molar-refractivity contribution in [1.82, 2.24) is 10.6 Å². The Morgan fingerprint density at radius 3 is 2.71 bits per heavy atom. The quantitative estimate of drug-likeness (QED) is 0.466. The van der Waals surface area contributed by atoms with E-state index in [0.717, 1.165) is 18.4 Å². The van der Waals surface area contributed by atoms with Gasteiger partial charge in [0.15, 0.2) is 21.4 Å². The van der Waals surface area contributed by atoms with Crippen molar-refractivity contribution in [2.75, 3.05) is 31.3 Å². The van der Waals surface area contributed by atoms with E-state index in [1.807, 2.05) is 0 Å². The molecule has 2 N–H and O–H groups in total. The molecule has 3 rings (SSSR count). The highest BCUT2D eigenvalue weighted by atomic mass is 32.2. The zero-order valence-electron chi connectivity index (χ0n) is 17.6.